The number of alkyl halides is 3. The number of para-hydroxylation sites is 2. The summed E-state index contributed by atoms with van der Waals surface area (Å²) in [5.41, 5.74) is -0.263. The number of oxime groups is 1. The molecule has 0 aliphatic carbocycles. The number of hydrogen-bond acceptors (Lipinski definition) is 5. The summed E-state index contributed by atoms with van der Waals surface area (Å²) in [5.74, 6) is 0.183. The first kappa shape index (κ1) is 19.5. The van der Waals surface area contributed by atoms with E-state index in [0.717, 1.165) is 6.07 Å². The summed E-state index contributed by atoms with van der Waals surface area (Å²) in [5, 5.41) is 6.17. The van der Waals surface area contributed by atoms with Crippen LogP contribution in [0.1, 0.15) is 17.5 Å². The largest absolute Gasteiger partial charge is 0.493 e. The number of carbonyl (C=O) groups excluding carboxylic acids is 1. The van der Waals surface area contributed by atoms with Crippen molar-refractivity contribution < 1.29 is 32.3 Å². The zero-order chi connectivity index (χ0) is 20.3. The van der Waals surface area contributed by atoms with Crippen molar-refractivity contribution >= 4 is 17.3 Å². The lowest BCUT2D eigenvalue weighted by molar-refractivity contribution is -0.137. The van der Waals surface area contributed by atoms with E-state index in [-0.39, 0.29) is 12.1 Å². The monoisotopic (exact) mass is 394 g/mol. The van der Waals surface area contributed by atoms with E-state index >= 15 is 0 Å². The molecule has 9 heteroatoms. The minimum atomic E-state index is -4.59. The predicted molar refractivity (Wildman–Crippen MR) is 95.6 cm³/mol. The number of carbonyl (C=O) groups is 1. The molecule has 1 atom stereocenters. The van der Waals surface area contributed by atoms with Crippen LogP contribution >= 0.6 is 0 Å². The van der Waals surface area contributed by atoms with Gasteiger partial charge in [-0.25, -0.2) is 0 Å². The van der Waals surface area contributed by atoms with Crippen molar-refractivity contribution in [3.63, 3.8) is 0 Å². The first-order chi connectivity index (χ1) is 13.3. The van der Waals surface area contributed by atoms with Crippen LogP contribution in [0.3, 0.4) is 0 Å². The van der Waals surface area contributed by atoms with E-state index < -0.39 is 23.8 Å². The first-order valence-electron chi connectivity index (χ1n) is 8.26. The van der Waals surface area contributed by atoms with Crippen LogP contribution in [0.4, 0.5) is 18.9 Å². The first-order valence-corrected chi connectivity index (χ1v) is 8.26. The van der Waals surface area contributed by atoms with Crippen LogP contribution in [0.5, 0.6) is 11.5 Å². The molecule has 2 aromatic rings. The number of halogens is 3. The van der Waals surface area contributed by atoms with Crippen LogP contribution < -0.4 is 14.8 Å². The molecule has 148 valence electrons. The van der Waals surface area contributed by atoms with E-state index in [1.807, 2.05) is 0 Å². The van der Waals surface area contributed by atoms with Crippen LogP contribution in [0.2, 0.25) is 0 Å². The molecule has 1 amide bonds. The predicted octanol–water partition coefficient (Wildman–Crippen LogP) is 3.85. The molecule has 0 bridgehead atoms. The highest BCUT2D eigenvalue weighted by Gasteiger charge is 2.36. The third-order valence-corrected chi connectivity index (χ3v) is 4.17. The van der Waals surface area contributed by atoms with Gasteiger partial charge in [-0.15, -0.1) is 0 Å². The molecule has 0 fully saturated rings. The van der Waals surface area contributed by atoms with Crippen molar-refractivity contribution in [1.82, 2.24) is 0 Å². The molecule has 0 saturated heterocycles. The van der Waals surface area contributed by atoms with Crippen LogP contribution in [0, 0.1) is 0 Å². The molecule has 0 unspecified atom stereocenters. The van der Waals surface area contributed by atoms with E-state index in [0.29, 0.717) is 22.8 Å². The van der Waals surface area contributed by atoms with Gasteiger partial charge in [0.25, 0.3) is 5.91 Å². The molecular formula is C19H17F3N2O4. The fourth-order valence-corrected chi connectivity index (χ4v) is 2.84. The maximum atomic E-state index is 13.1. The highest BCUT2D eigenvalue weighted by atomic mass is 19.4. The van der Waals surface area contributed by atoms with E-state index in [9.17, 15) is 18.0 Å². The van der Waals surface area contributed by atoms with Gasteiger partial charge in [-0.2, -0.15) is 13.2 Å². The Morgan fingerprint density at radius 1 is 1.14 bits per heavy atom. The van der Waals surface area contributed by atoms with Gasteiger partial charge in [-0.1, -0.05) is 23.4 Å². The average molecular weight is 394 g/mol. The van der Waals surface area contributed by atoms with E-state index in [1.165, 1.54) is 32.4 Å². The van der Waals surface area contributed by atoms with Gasteiger partial charge in [0.1, 0.15) is 0 Å². The lowest BCUT2D eigenvalue weighted by Gasteiger charge is -2.15. The molecule has 1 heterocycles. The van der Waals surface area contributed by atoms with Gasteiger partial charge in [0.15, 0.2) is 11.5 Å². The van der Waals surface area contributed by atoms with Crippen molar-refractivity contribution in [2.75, 3.05) is 19.5 Å². The molecule has 1 aliphatic rings. The SMILES string of the molecule is COc1cccc(C2=NO[C@@H](C(=O)Nc3ccccc3C(F)(F)F)C2)c1OC. The van der Waals surface area contributed by atoms with Gasteiger partial charge < -0.3 is 19.6 Å². The number of benzene rings is 2. The number of rotatable bonds is 5. The lowest BCUT2D eigenvalue weighted by Crippen LogP contribution is -2.29. The molecule has 2 aromatic carbocycles. The maximum Gasteiger partial charge on any atom is 0.418 e. The lowest BCUT2D eigenvalue weighted by atomic mass is 10.0. The second-order valence-electron chi connectivity index (χ2n) is 5.91. The number of amides is 1. The second kappa shape index (κ2) is 7.79. The van der Waals surface area contributed by atoms with Crippen molar-refractivity contribution in [2.24, 2.45) is 5.16 Å². The van der Waals surface area contributed by atoms with Gasteiger partial charge in [0.2, 0.25) is 6.10 Å². The third-order valence-electron chi connectivity index (χ3n) is 4.17. The van der Waals surface area contributed by atoms with Gasteiger partial charge in [-0.3, -0.25) is 4.79 Å². The Morgan fingerprint density at radius 2 is 1.89 bits per heavy atom. The summed E-state index contributed by atoms with van der Waals surface area (Å²) in [4.78, 5) is 17.6. The summed E-state index contributed by atoms with van der Waals surface area (Å²) < 4.78 is 49.8. The molecular weight excluding hydrogens is 377 g/mol. The van der Waals surface area contributed by atoms with Crippen LogP contribution in [0.25, 0.3) is 0 Å². The van der Waals surface area contributed by atoms with Crippen LogP contribution in [0.15, 0.2) is 47.6 Å². The second-order valence-corrected chi connectivity index (χ2v) is 5.91. The molecule has 6 nitrogen and oxygen atoms in total. The zero-order valence-electron chi connectivity index (χ0n) is 15.0. The summed E-state index contributed by atoms with van der Waals surface area (Å²) in [6, 6.07) is 9.90. The molecule has 1 aliphatic heterocycles. The van der Waals surface area contributed by atoms with E-state index in [2.05, 4.69) is 10.5 Å². The van der Waals surface area contributed by atoms with Gasteiger partial charge in [-0.05, 0) is 24.3 Å². The fourth-order valence-electron chi connectivity index (χ4n) is 2.84. The molecule has 3 rings (SSSR count). The fraction of sp³-hybridized carbons (Fsp3) is 0.263. The topological polar surface area (TPSA) is 69.2 Å². The number of methoxy groups -OCH3 is 2. The highest BCUT2D eigenvalue weighted by molar-refractivity contribution is 6.08. The van der Waals surface area contributed by atoms with Gasteiger partial charge in [0.05, 0.1) is 31.2 Å². The molecule has 0 spiro atoms. The Hall–Kier alpha value is -3.23. The minimum Gasteiger partial charge on any atom is -0.493 e. The third kappa shape index (κ3) is 3.88. The summed E-state index contributed by atoms with van der Waals surface area (Å²) in [6.07, 6.45) is -5.58. The summed E-state index contributed by atoms with van der Waals surface area (Å²) in [6.45, 7) is 0. The van der Waals surface area contributed by atoms with Crippen LogP contribution in [-0.4, -0.2) is 31.9 Å². The number of nitrogens with one attached hydrogen (secondary N) is 1. The van der Waals surface area contributed by atoms with Gasteiger partial charge in [0, 0.05) is 12.0 Å². The van der Waals surface area contributed by atoms with Crippen LogP contribution in [-0.2, 0) is 15.8 Å². The number of nitrogens with zero attached hydrogens (tertiary/aromatic N) is 1. The number of hydrogen-bond donors (Lipinski definition) is 1. The molecule has 28 heavy (non-hydrogen) atoms. The Bertz CT molecular complexity index is 912. The van der Waals surface area contributed by atoms with E-state index in [1.54, 1.807) is 18.2 Å². The number of anilines is 1. The zero-order valence-corrected chi connectivity index (χ0v) is 15.0. The Morgan fingerprint density at radius 3 is 2.57 bits per heavy atom. The van der Waals surface area contributed by atoms with Crippen molar-refractivity contribution in [3.8, 4) is 11.5 Å². The molecule has 0 saturated carbocycles. The molecule has 0 aromatic heterocycles. The summed E-state index contributed by atoms with van der Waals surface area (Å²) in [7, 11) is 2.96. The average Bonchev–Trinajstić information content (AvgIpc) is 3.17. The normalized spacial score (nSPS) is 16.2. The van der Waals surface area contributed by atoms with Gasteiger partial charge >= 0.3 is 6.18 Å². The Balaban J connectivity index is 1.76. The Kier molecular flexibility index (Phi) is 5.43. The van der Waals surface area contributed by atoms with E-state index in [4.69, 9.17) is 14.3 Å². The maximum absolute atomic E-state index is 13.1. The molecule has 0 radical (unpaired) electrons. The highest BCUT2D eigenvalue weighted by Crippen LogP contribution is 2.36. The quantitative estimate of drug-likeness (QED) is 0.836. The standard InChI is InChI=1S/C19H17F3N2O4/c1-26-15-9-5-6-11(17(15)27-2)14-10-16(28-24-14)18(25)23-13-8-4-3-7-12(13)19(20,21)22/h3-9,16H,10H2,1-2H3,(H,23,25)/t16-/m1/s1. The molecule has 1 N–H and O–H groups in total. The smallest absolute Gasteiger partial charge is 0.418 e. The minimum absolute atomic E-state index is 0.0730. The van der Waals surface area contributed by atoms with Crippen molar-refractivity contribution in [3.05, 3.63) is 53.6 Å². The Labute approximate surface area is 158 Å². The summed E-state index contributed by atoms with van der Waals surface area (Å²) >= 11 is 0. The van der Waals surface area contributed by atoms with Crippen molar-refractivity contribution in [1.29, 1.82) is 0 Å². The number of ether oxygens (including phenoxy) is 2. The van der Waals surface area contributed by atoms with Crippen molar-refractivity contribution in [2.45, 2.75) is 18.7 Å².